The molecule has 1 unspecified atom stereocenters. The quantitative estimate of drug-likeness (QED) is 0.792. The Kier molecular flexibility index (Phi) is 5.71. The maximum atomic E-state index is 11.9. The molecule has 88 valence electrons. The van der Waals surface area contributed by atoms with E-state index < -0.39 is 6.10 Å². The maximum Gasteiger partial charge on any atom is 0.166 e. The summed E-state index contributed by atoms with van der Waals surface area (Å²) in [5, 5.41) is 0. The second-order valence-electron chi connectivity index (χ2n) is 3.61. The molecule has 0 aromatic heterocycles. The van der Waals surface area contributed by atoms with Gasteiger partial charge in [0.2, 0.25) is 0 Å². The minimum atomic E-state index is -0.414. The summed E-state index contributed by atoms with van der Waals surface area (Å²) in [6.07, 6.45) is 1.01. The first kappa shape index (κ1) is 13.4. The van der Waals surface area contributed by atoms with Gasteiger partial charge in [0.1, 0.15) is 6.10 Å². The molecule has 0 amide bonds. The van der Waals surface area contributed by atoms with Crippen molar-refractivity contribution in [3.05, 3.63) is 34.3 Å². The van der Waals surface area contributed by atoms with Crippen molar-refractivity contribution < 1.29 is 9.53 Å². The fraction of sp³-hybridized carbons (Fsp3) is 0.462. The van der Waals surface area contributed by atoms with Crippen molar-refractivity contribution >= 4 is 21.7 Å². The predicted molar refractivity (Wildman–Crippen MR) is 68.4 cm³/mol. The summed E-state index contributed by atoms with van der Waals surface area (Å²) in [6, 6.07) is 7.73. The van der Waals surface area contributed by atoms with Crippen molar-refractivity contribution in [3.8, 4) is 0 Å². The maximum absolute atomic E-state index is 11.9. The van der Waals surface area contributed by atoms with Gasteiger partial charge in [-0.05, 0) is 31.0 Å². The summed E-state index contributed by atoms with van der Waals surface area (Å²) in [7, 11) is 0. The summed E-state index contributed by atoms with van der Waals surface area (Å²) in [6.45, 7) is 4.46. The van der Waals surface area contributed by atoms with E-state index in [0.717, 1.165) is 16.5 Å². The average Bonchev–Trinajstić information content (AvgIpc) is 2.26. The number of carbonyl (C=O) groups is 1. The van der Waals surface area contributed by atoms with E-state index in [-0.39, 0.29) is 5.78 Å². The third kappa shape index (κ3) is 3.72. The number of ether oxygens (including phenoxy) is 1. The highest BCUT2D eigenvalue weighted by atomic mass is 79.9. The number of benzene rings is 1. The monoisotopic (exact) mass is 284 g/mol. The van der Waals surface area contributed by atoms with Gasteiger partial charge >= 0.3 is 0 Å². The van der Waals surface area contributed by atoms with Crippen molar-refractivity contribution in [1.82, 2.24) is 0 Å². The van der Waals surface area contributed by atoms with Crippen LogP contribution in [0.1, 0.15) is 38.4 Å². The molecule has 0 N–H and O–H groups in total. The smallest absolute Gasteiger partial charge is 0.166 e. The van der Waals surface area contributed by atoms with E-state index in [1.807, 2.05) is 38.1 Å². The van der Waals surface area contributed by atoms with Crippen LogP contribution in [0, 0.1) is 0 Å². The Morgan fingerprint density at radius 1 is 1.44 bits per heavy atom. The van der Waals surface area contributed by atoms with Gasteiger partial charge < -0.3 is 4.74 Å². The van der Waals surface area contributed by atoms with Gasteiger partial charge in [0.15, 0.2) is 5.78 Å². The Balaban J connectivity index is 2.88. The zero-order valence-electron chi connectivity index (χ0n) is 9.70. The molecule has 0 radical (unpaired) electrons. The van der Waals surface area contributed by atoms with Crippen molar-refractivity contribution in [2.75, 3.05) is 6.61 Å². The first-order valence-electron chi connectivity index (χ1n) is 5.58. The fourth-order valence-electron chi connectivity index (χ4n) is 1.59. The largest absolute Gasteiger partial charge is 0.366 e. The zero-order valence-corrected chi connectivity index (χ0v) is 11.3. The Bertz CT molecular complexity index is 350. The Morgan fingerprint density at radius 2 is 2.19 bits per heavy atom. The second-order valence-corrected chi connectivity index (χ2v) is 4.52. The molecular weight excluding hydrogens is 268 g/mol. The lowest BCUT2D eigenvalue weighted by molar-refractivity contribution is -0.130. The lowest BCUT2D eigenvalue weighted by Crippen LogP contribution is -2.15. The summed E-state index contributed by atoms with van der Waals surface area (Å²) in [4.78, 5) is 11.9. The first-order chi connectivity index (χ1) is 7.69. The molecule has 16 heavy (non-hydrogen) atoms. The molecule has 0 bridgehead atoms. The van der Waals surface area contributed by atoms with Gasteiger partial charge in [-0.3, -0.25) is 4.79 Å². The van der Waals surface area contributed by atoms with Crippen LogP contribution >= 0.6 is 15.9 Å². The van der Waals surface area contributed by atoms with E-state index >= 15 is 0 Å². The highest BCUT2D eigenvalue weighted by Gasteiger charge is 2.19. The number of carbonyl (C=O) groups excluding carboxylic acids is 1. The van der Waals surface area contributed by atoms with Crippen LogP contribution in [0.3, 0.4) is 0 Å². The van der Waals surface area contributed by atoms with Crippen molar-refractivity contribution in [2.45, 2.75) is 32.8 Å². The third-order valence-electron chi connectivity index (χ3n) is 2.27. The Morgan fingerprint density at radius 3 is 2.75 bits per heavy atom. The summed E-state index contributed by atoms with van der Waals surface area (Å²) >= 11 is 3.40. The van der Waals surface area contributed by atoms with Crippen LogP contribution in [0.5, 0.6) is 0 Å². The number of Topliss-reactive ketones (excluding diaryl/α,β-unsaturated/α-hetero) is 1. The molecular formula is C13H17BrO2. The van der Waals surface area contributed by atoms with E-state index in [1.54, 1.807) is 0 Å². The van der Waals surface area contributed by atoms with Crippen LogP contribution in [0.15, 0.2) is 28.7 Å². The van der Waals surface area contributed by atoms with Crippen molar-refractivity contribution in [3.63, 3.8) is 0 Å². The first-order valence-corrected chi connectivity index (χ1v) is 6.38. The molecule has 0 aliphatic heterocycles. The van der Waals surface area contributed by atoms with E-state index in [9.17, 15) is 4.79 Å². The summed E-state index contributed by atoms with van der Waals surface area (Å²) in [5.41, 5.74) is 0.926. The number of hydrogen-bond acceptors (Lipinski definition) is 2. The fourth-order valence-corrected chi connectivity index (χ4v) is 2.01. The molecule has 0 aliphatic carbocycles. The molecule has 0 saturated carbocycles. The highest BCUT2D eigenvalue weighted by molar-refractivity contribution is 9.10. The lowest BCUT2D eigenvalue weighted by Gasteiger charge is -2.16. The van der Waals surface area contributed by atoms with Crippen LogP contribution in [-0.4, -0.2) is 12.4 Å². The van der Waals surface area contributed by atoms with Crippen LogP contribution in [0.25, 0.3) is 0 Å². The van der Waals surface area contributed by atoms with E-state index in [0.29, 0.717) is 13.0 Å². The number of ketones is 1. The number of rotatable bonds is 6. The molecule has 0 heterocycles. The van der Waals surface area contributed by atoms with Gasteiger partial charge in [-0.2, -0.15) is 0 Å². The average molecular weight is 285 g/mol. The molecule has 0 saturated heterocycles. The third-order valence-corrected chi connectivity index (χ3v) is 2.77. The minimum Gasteiger partial charge on any atom is -0.366 e. The van der Waals surface area contributed by atoms with Crippen LogP contribution in [0.2, 0.25) is 0 Å². The lowest BCUT2D eigenvalue weighted by atomic mass is 10.0. The zero-order chi connectivity index (χ0) is 12.0. The van der Waals surface area contributed by atoms with E-state index in [1.165, 1.54) is 0 Å². The Labute approximate surface area is 105 Å². The molecule has 1 atom stereocenters. The van der Waals surface area contributed by atoms with Crippen molar-refractivity contribution in [2.24, 2.45) is 0 Å². The predicted octanol–water partition coefficient (Wildman–Crippen LogP) is 3.90. The van der Waals surface area contributed by atoms with Gasteiger partial charge in [-0.1, -0.05) is 35.0 Å². The molecule has 2 nitrogen and oxygen atoms in total. The van der Waals surface area contributed by atoms with Gasteiger partial charge in [-0.15, -0.1) is 0 Å². The molecule has 1 rings (SSSR count). The highest BCUT2D eigenvalue weighted by Crippen LogP contribution is 2.23. The molecule has 1 aromatic rings. The van der Waals surface area contributed by atoms with Crippen LogP contribution in [0.4, 0.5) is 0 Å². The van der Waals surface area contributed by atoms with E-state index in [4.69, 9.17) is 4.74 Å². The molecule has 3 heteroatoms. The summed E-state index contributed by atoms with van der Waals surface area (Å²) in [5.74, 6) is 0.155. The van der Waals surface area contributed by atoms with Gasteiger partial charge in [0, 0.05) is 17.5 Å². The number of halogens is 1. The van der Waals surface area contributed by atoms with Crippen LogP contribution < -0.4 is 0 Å². The molecule has 0 fully saturated rings. The van der Waals surface area contributed by atoms with E-state index in [2.05, 4.69) is 15.9 Å². The molecule has 0 spiro atoms. The minimum absolute atomic E-state index is 0.155. The SMILES string of the molecule is CCCC(=O)C(OCC)c1cccc(Br)c1. The van der Waals surface area contributed by atoms with Gasteiger partial charge in [0.25, 0.3) is 0 Å². The van der Waals surface area contributed by atoms with Gasteiger partial charge in [-0.25, -0.2) is 0 Å². The van der Waals surface area contributed by atoms with Crippen molar-refractivity contribution in [1.29, 1.82) is 0 Å². The van der Waals surface area contributed by atoms with Gasteiger partial charge in [0.05, 0.1) is 0 Å². The normalized spacial score (nSPS) is 12.4. The number of hydrogen-bond donors (Lipinski definition) is 0. The standard InChI is InChI=1S/C13H17BrO2/c1-3-6-12(15)13(16-4-2)10-7-5-8-11(14)9-10/h5,7-9,13H,3-4,6H2,1-2H3. The van der Waals surface area contributed by atoms with Crippen LogP contribution in [-0.2, 0) is 9.53 Å². The summed E-state index contributed by atoms with van der Waals surface area (Å²) < 4.78 is 6.50. The molecule has 1 aromatic carbocycles. The topological polar surface area (TPSA) is 26.3 Å². The molecule has 0 aliphatic rings. The second kappa shape index (κ2) is 6.81. The Hall–Kier alpha value is -0.670.